The summed E-state index contributed by atoms with van der Waals surface area (Å²) >= 11 is 0. The lowest BCUT2D eigenvalue weighted by Crippen LogP contribution is -2.10. The van der Waals surface area contributed by atoms with E-state index in [-0.39, 0.29) is 11.9 Å². The van der Waals surface area contributed by atoms with Crippen LogP contribution in [0.15, 0.2) is 42.5 Å². The number of hydrogen-bond acceptors (Lipinski definition) is 2. The zero-order valence-electron chi connectivity index (χ0n) is 10.9. The summed E-state index contributed by atoms with van der Waals surface area (Å²) in [7, 11) is 0. The first kappa shape index (κ1) is 13.1. The second-order valence-corrected chi connectivity index (χ2v) is 4.50. The fourth-order valence-electron chi connectivity index (χ4n) is 2.07. The van der Waals surface area contributed by atoms with Crippen LogP contribution in [0, 0.1) is 24.1 Å². The fraction of sp³-hybridized carbons (Fsp3) is 0.188. The first-order valence-electron chi connectivity index (χ1n) is 6.14. The van der Waals surface area contributed by atoms with Crippen molar-refractivity contribution in [2.24, 2.45) is 0 Å². The average Bonchev–Trinajstić information content (AvgIpc) is 2.39. The summed E-state index contributed by atoms with van der Waals surface area (Å²) in [5.74, 6) is -0.242. The highest BCUT2D eigenvalue weighted by atomic mass is 19.1. The number of nitriles is 1. The van der Waals surface area contributed by atoms with Crippen LogP contribution < -0.4 is 5.32 Å². The highest BCUT2D eigenvalue weighted by molar-refractivity contribution is 5.61. The summed E-state index contributed by atoms with van der Waals surface area (Å²) < 4.78 is 13.7. The molecule has 1 N–H and O–H groups in total. The minimum atomic E-state index is -0.242. The molecule has 0 saturated heterocycles. The number of aryl methyl sites for hydroxylation is 1. The summed E-state index contributed by atoms with van der Waals surface area (Å²) in [6.07, 6.45) is 0. The molecule has 0 aliphatic rings. The lowest BCUT2D eigenvalue weighted by Gasteiger charge is -2.18. The van der Waals surface area contributed by atoms with E-state index in [4.69, 9.17) is 0 Å². The van der Waals surface area contributed by atoms with Gasteiger partial charge in [0.15, 0.2) is 0 Å². The van der Waals surface area contributed by atoms with Crippen LogP contribution in [-0.4, -0.2) is 0 Å². The van der Waals surface area contributed by atoms with Gasteiger partial charge in [0.25, 0.3) is 0 Å². The highest BCUT2D eigenvalue weighted by Gasteiger charge is 2.12. The topological polar surface area (TPSA) is 35.8 Å². The lowest BCUT2D eigenvalue weighted by atomic mass is 10.0. The van der Waals surface area contributed by atoms with Crippen molar-refractivity contribution in [3.05, 3.63) is 65.0 Å². The fourth-order valence-corrected chi connectivity index (χ4v) is 2.07. The van der Waals surface area contributed by atoms with E-state index in [0.717, 1.165) is 11.3 Å². The molecule has 0 radical (unpaired) electrons. The molecule has 0 aromatic heterocycles. The Morgan fingerprint density at radius 3 is 2.58 bits per heavy atom. The quantitative estimate of drug-likeness (QED) is 0.891. The van der Waals surface area contributed by atoms with E-state index in [1.165, 1.54) is 6.07 Å². The molecule has 0 heterocycles. The Morgan fingerprint density at radius 1 is 1.16 bits per heavy atom. The first-order chi connectivity index (χ1) is 9.13. The zero-order valence-corrected chi connectivity index (χ0v) is 10.9. The molecular formula is C16H15FN2. The predicted molar refractivity (Wildman–Crippen MR) is 74.3 cm³/mol. The van der Waals surface area contributed by atoms with Gasteiger partial charge in [-0.25, -0.2) is 4.39 Å². The molecule has 1 unspecified atom stereocenters. The number of halogens is 1. The Morgan fingerprint density at radius 2 is 1.89 bits per heavy atom. The van der Waals surface area contributed by atoms with E-state index in [0.29, 0.717) is 11.1 Å². The van der Waals surface area contributed by atoms with Crippen LogP contribution in [0.4, 0.5) is 10.1 Å². The van der Waals surface area contributed by atoms with Gasteiger partial charge in [0.2, 0.25) is 0 Å². The number of nitrogens with zero attached hydrogens (tertiary/aromatic N) is 1. The van der Waals surface area contributed by atoms with E-state index < -0.39 is 0 Å². The first-order valence-corrected chi connectivity index (χ1v) is 6.14. The SMILES string of the molecule is Cc1cccc(NC(C)c2ccccc2F)c1C#N. The molecule has 2 rings (SSSR count). The van der Waals surface area contributed by atoms with Gasteiger partial charge in [0.1, 0.15) is 11.9 Å². The van der Waals surface area contributed by atoms with E-state index >= 15 is 0 Å². The third-order valence-electron chi connectivity index (χ3n) is 3.13. The number of benzene rings is 2. The summed E-state index contributed by atoms with van der Waals surface area (Å²) in [6, 6.07) is 14.2. The van der Waals surface area contributed by atoms with E-state index in [1.807, 2.05) is 32.0 Å². The molecule has 0 spiro atoms. The molecule has 0 amide bonds. The van der Waals surface area contributed by atoms with Crippen LogP contribution in [0.3, 0.4) is 0 Å². The Bertz CT molecular complexity index is 629. The Labute approximate surface area is 112 Å². The molecule has 2 nitrogen and oxygen atoms in total. The Kier molecular flexibility index (Phi) is 3.82. The Hall–Kier alpha value is -2.34. The second kappa shape index (κ2) is 5.53. The molecule has 2 aromatic rings. The monoisotopic (exact) mass is 254 g/mol. The van der Waals surface area contributed by atoms with Crippen LogP contribution >= 0.6 is 0 Å². The summed E-state index contributed by atoms with van der Waals surface area (Å²) in [4.78, 5) is 0. The minimum Gasteiger partial charge on any atom is -0.377 e. The molecule has 0 aliphatic carbocycles. The van der Waals surface area contributed by atoms with Crippen molar-refractivity contribution in [1.29, 1.82) is 5.26 Å². The van der Waals surface area contributed by atoms with Gasteiger partial charge in [-0.05, 0) is 31.5 Å². The standard InChI is InChI=1S/C16H15FN2/c1-11-6-5-9-16(14(11)10-18)19-12(2)13-7-3-4-8-15(13)17/h3-9,12,19H,1-2H3. The van der Waals surface area contributed by atoms with E-state index in [1.54, 1.807) is 18.2 Å². The number of nitrogens with one attached hydrogen (secondary N) is 1. The molecule has 96 valence electrons. The summed E-state index contributed by atoms with van der Waals surface area (Å²) in [6.45, 7) is 3.76. The molecule has 2 aromatic carbocycles. The number of anilines is 1. The maximum absolute atomic E-state index is 13.7. The summed E-state index contributed by atoms with van der Waals surface area (Å²) in [5.41, 5.74) is 2.84. The van der Waals surface area contributed by atoms with Crippen molar-refractivity contribution in [2.45, 2.75) is 19.9 Å². The van der Waals surface area contributed by atoms with Crippen LogP contribution in [0.5, 0.6) is 0 Å². The van der Waals surface area contributed by atoms with Crippen molar-refractivity contribution in [3.8, 4) is 6.07 Å². The third kappa shape index (κ3) is 2.74. The summed E-state index contributed by atoms with van der Waals surface area (Å²) in [5, 5.41) is 12.4. The van der Waals surface area contributed by atoms with E-state index in [2.05, 4.69) is 11.4 Å². The van der Waals surface area contributed by atoms with Crippen molar-refractivity contribution in [1.82, 2.24) is 0 Å². The van der Waals surface area contributed by atoms with E-state index in [9.17, 15) is 9.65 Å². The van der Waals surface area contributed by atoms with Gasteiger partial charge in [-0.15, -0.1) is 0 Å². The highest BCUT2D eigenvalue weighted by Crippen LogP contribution is 2.25. The molecule has 0 bridgehead atoms. The maximum atomic E-state index is 13.7. The molecule has 1 atom stereocenters. The second-order valence-electron chi connectivity index (χ2n) is 4.50. The largest absolute Gasteiger partial charge is 0.377 e. The van der Waals surface area contributed by atoms with Crippen molar-refractivity contribution < 1.29 is 4.39 Å². The lowest BCUT2D eigenvalue weighted by molar-refractivity contribution is 0.600. The maximum Gasteiger partial charge on any atom is 0.128 e. The van der Waals surface area contributed by atoms with Crippen LogP contribution in [0.2, 0.25) is 0 Å². The van der Waals surface area contributed by atoms with Crippen LogP contribution in [0.25, 0.3) is 0 Å². The number of hydrogen-bond donors (Lipinski definition) is 1. The van der Waals surface area contributed by atoms with Crippen molar-refractivity contribution in [3.63, 3.8) is 0 Å². The smallest absolute Gasteiger partial charge is 0.128 e. The van der Waals surface area contributed by atoms with Gasteiger partial charge in [0.05, 0.1) is 17.3 Å². The molecule has 0 aliphatic heterocycles. The molecule has 19 heavy (non-hydrogen) atoms. The molecule has 0 saturated carbocycles. The van der Waals surface area contributed by atoms with Crippen LogP contribution in [0.1, 0.15) is 29.7 Å². The van der Waals surface area contributed by atoms with Crippen molar-refractivity contribution in [2.75, 3.05) is 5.32 Å². The molecule has 3 heteroatoms. The van der Waals surface area contributed by atoms with Gasteiger partial charge in [0, 0.05) is 5.56 Å². The predicted octanol–water partition coefficient (Wildman–Crippen LogP) is 4.18. The van der Waals surface area contributed by atoms with Crippen molar-refractivity contribution >= 4 is 5.69 Å². The normalized spacial score (nSPS) is 11.7. The minimum absolute atomic E-state index is 0.199. The van der Waals surface area contributed by atoms with Gasteiger partial charge in [-0.3, -0.25) is 0 Å². The molecule has 0 fully saturated rings. The average molecular weight is 254 g/mol. The third-order valence-corrected chi connectivity index (χ3v) is 3.13. The van der Waals surface area contributed by atoms with Gasteiger partial charge in [-0.2, -0.15) is 5.26 Å². The van der Waals surface area contributed by atoms with Crippen LogP contribution in [-0.2, 0) is 0 Å². The van der Waals surface area contributed by atoms with Gasteiger partial charge < -0.3 is 5.32 Å². The number of rotatable bonds is 3. The van der Waals surface area contributed by atoms with Gasteiger partial charge in [-0.1, -0.05) is 30.3 Å². The molecular weight excluding hydrogens is 239 g/mol. The van der Waals surface area contributed by atoms with Gasteiger partial charge >= 0.3 is 0 Å². The zero-order chi connectivity index (χ0) is 13.8. The Balaban J connectivity index is 2.30.